The predicted molar refractivity (Wildman–Crippen MR) is 87.7 cm³/mol. The Morgan fingerprint density at radius 1 is 1.18 bits per heavy atom. The molecule has 2 aromatic rings. The summed E-state index contributed by atoms with van der Waals surface area (Å²) in [5, 5.41) is 11.8. The van der Waals surface area contributed by atoms with Gasteiger partial charge in [0.25, 0.3) is 0 Å². The number of rotatable bonds is 5. The van der Waals surface area contributed by atoms with Crippen LogP contribution in [-0.2, 0) is 16.4 Å². The molecule has 0 aliphatic carbocycles. The summed E-state index contributed by atoms with van der Waals surface area (Å²) in [5.41, 5.74) is 1.35. The van der Waals surface area contributed by atoms with E-state index >= 15 is 0 Å². The van der Waals surface area contributed by atoms with Crippen molar-refractivity contribution in [1.29, 1.82) is 0 Å². The number of sulfone groups is 1. The van der Waals surface area contributed by atoms with Gasteiger partial charge in [-0.1, -0.05) is 52.8 Å². The van der Waals surface area contributed by atoms with E-state index in [1.165, 1.54) is 6.07 Å². The summed E-state index contributed by atoms with van der Waals surface area (Å²) in [6.45, 7) is 2.69. The lowest BCUT2D eigenvalue weighted by molar-refractivity contribution is -0.497. The van der Waals surface area contributed by atoms with Crippen molar-refractivity contribution in [3.05, 3.63) is 74.6 Å². The highest BCUT2D eigenvalue weighted by atomic mass is 79.9. The third-order valence-corrected chi connectivity index (χ3v) is 5.19. The van der Waals surface area contributed by atoms with E-state index in [0.29, 0.717) is 15.6 Å². The van der Waals surface area contributed by atoms with Crippen molar-refractivity contribution in [1.82, 2.24) is 0 Å². The van der Waals surface area contributed by atoms with E-state index in [4.69, 9.17) is 0 Å². The van der Waals surface area contributed by atoms with Gasteiger partial charge in [0.05, 0.1) is 10.5 Å². The van der Waals surface area contributed by atoms with Gasteiger partial charge in [0.15, 0.2) is 9.84 Å². The predicted octanol–water partition coefficient (Wildman–Crippen LogP) is 3.81. The molecule has 0 amide bonds. The molecule has 114 valence electrons. The Kier molecular flexibility index (Phi) is 4.77. The van der Waals surface area contributed by atoms with Crippen LogP contribution in [0.1, 0.15) is 5.56 Å². The van der Waals surface area contributed by atoms with Gasteiger partial charge >= 0.3 is 0 Å². The van der Waals surface area contributed by atoms with Gasteiger partial charge in [-0.15, -0.1) is 0 Å². The lowest BCUT2D eigenvalue weighted by Gasteiger charge is -2.13. The van der Waals surface area contributed by atoms with E-state index in [1.54, 1.807) is 30.3 Å². The highest BCUT2D eigenvalue weighted by molar-refractivity contribution is 9.10. The van der Waals surface area contributed by atoms with Crippen LogP contribution in [0.4, 0.5) is 0 Å². The van der Waals surface area contributed by atoms with E-state index in [9.17, 15) is 18.5 Å². The lowest BCUT2D eigenvalue weighted by atomic mass is 9.99. The Hall–Kier alpha value is -1.99. The highest BCUT2D eigenvalue weighted by Gasteiger charge is 2.24. The van der Waals surface area contributed by atoms with E-state index in [2.05, 4.69) is 22.5 Å². The van der Waals surface area contributed by atoms with Crippen LogP contribution in [0.2, 0.25) is 0 Å². The minimum Gasteiger partial charge on any atom is -0.264 e. The number of nitro groups is 1. The van der Waals surface area contributed by atoms with E-state index in [0.717, 1.165) is 5.41 Å². The molecule has 0 unspecified atom stereocenters. The van der Waals surface area contributed by atoms with Crippen LogP contribution in [0.3, 0.4) is 0 Å². The topological polar surface area (TPSA) is 77.3 Å². The number of hydrogen-bond donors (Lipinski definition) is 0. The van der Waals surface area contributed by atoms with Crippen molar-refractivity contribution >= 4 is 25.8 Å². The average Bonchev–Trinajstić information content (AvgIpc) is 2.47. The molecule has 0 aliphatic heterocycles. The zero-order valence-electron chi connectivity index (χ0n) is 11.4. The minimum atomic E-state index is -3.78. The zero-order chi connectivity index (χ0) is 16.3. The van der Waals surface area contributed by atoms with Crippen molar-refractivity contribution < 1.29 is 13.3 Å². The molecule has 0 heterocycles. The first kappa shape index (κ1) is 16.4. The number of hydrogen-bond acceptors (Lipinski definition) is 4. The van der Waals surface area contributed by atoms with Gasteiger partial charge in [0, 0.05) is 20.4 Å². The van der Waals surface area contributed by atoms with Crippen LogP contribution in [0.15, 0.2) is 63.8 Å². The third-order valence-electron chi connectivity index (χ3n) is 3.09. The molecule has 2 aromatic carbocycles. The molecule has 0 fully saturated rings. The van der Waals surface area contributed by atoms with Gasteiger partial charge in [0.2, 0.25) is 6.54 Å². The van der Waals surface area contributed by atoms with Gasteiger partial charge in [-0.3, -0.25) is 10.1 Å². The first-order valence-electron chi connectivity index (χ1n) is 6.23. The summed E-state index contributed by atoms with van der Waals surface area (Å²) < 4.78 is 24.9. The molecule has 5 nitrogen and oxygen atoms in total. The third kappa shape index (κ3) is 3.26. The van der Waals surface area contributed by atoms with Crippen LogP contribution in [0.25, 0.3) is 11.1 Å². The molecule has 0 atom stereocenters. The van der Waals surface area contributed by atoms with E-state index in [1.807, 2.05) is 6.07 Å². The first-order chi connectivity index (χ1) is 10.4. The van der Waals surface area contributed by atoms with E-state index in [-0.39, 0.29) is 10.5 Å². The van der Waals surface area contributed by atoms with Crippen molar-refractivity contribution in [3.63, 3.8) is 0 Å². The molecule has 0 bridgehead atoms. The number of halogens is 1. The van der Waals surface area contributed by atoms with Gasteiger partial charge in [-0.25, -0.2) is 8.42 Å². The fourth-order valence-electron chi connectivity index (χ4n) is 2.16. The van der Waals surface area contributed by atoms with Crippen LogP contribution in [0, 0.1) is 10.1 Å². The van der Waals surface area contributed by atoms with Crippen molar-refractivity contribution in [2.45, 2.75) is 11.4 Å². The van der Waals surface area contributed by atoms with Crippen LogP contribution in [0.5, 0.6) is 0 Å². The van der Waals surface area contributed by atoms with Crippen LogP contribution < -0.4 is 0 Å². The standard InChI is InChI=1S/C15H12BrNO4S/c1-2-22(20,21)14-9-8-13(16)15(12(14)10-17(18)19)11-6-4-3-5-7-11/h2-9H,1,10H2. The van der Waals surface area contributed by atoms with Crippen molar-refractivity contribution in [2.75, 3.05) is 0 Å². The fourth-order valence-corrected chi connectivity index (χ4v) is 3.71. The van der Waals surface area contributed by atoms with E-state index < -0.39 is 21.3 Å². The number of nitrogens with zero attached hydrogens (tertiary/aromatic N) is 1. The summed E-state index contributed by atoms with van der Waals surface area (Å²) in [7, 11) is -3.78. The molecule has 0 spiro atoms. The smallest absolute Gasteiger partial charge is 0.230 e. The van der Waals surface area contributed by atoms with Crippen molar-refractivity contribution in [2.24, 2.45) is 0 Å². The fraction of sp³-hybridized carbons (Fsp3) is 0.0667. The second-order valence-electron chi connectivity index (χ2n) is 4.47. The van der Waals surface area contributed by atoms with Crippen molar-refractivity contribution in [3.8, 4) is 11.1 Å². The summed E-state index contributed by atoms with van der Waals surface area (Å²) in [4.78, 5) is 10.4. The second kappa shape index (κ2) is 6.41. The summed E-state index contributed by atoms with van der Waals surface area (Å²) >= 11 is 3.35. The zero-order valence-corrected chi connectivity index (χ0v) is 13.8. The molecule has 2 rings (SSSR count). The quantitative estimate of drug-likeness (QED) is 0.582. The highest BCUT2D eigenvalue weighted by Crippen LogP contribution is 2.36. The largest absolute Gasteiger partial charge is 0.264 e. The molecule has 7 heteroatoms. The maximum absolute atomic E-state index is 12.1. The molecule has 0 saturated carbocycles. The molecule has 0 saturated heterocycles. The molecule has 0 aliphatic rings. The van der Waals surface area contributed by atoms with Crippen LogP contribution >= 0.6 is 15.9 Å². The molecular formula is C15H12BrNO4S. The number of benzene rings is 2. The first-order valence-corrected chi connectivity index (χ1v) is 8.57. The van der Waals surface area contributed by atoms with Crippen LogP contribution in [-0.4, -0.2) is 13.3 Å². The SMILES string of the molecule is C=CS(=O)(=O)c1ccc(Br)c(-c2ccccc2)c1C[N+](=O)[O-]. The van der Waals surface area contributed by atoms with Gasteiger partial charge < -0.3 is 0 Å². The second-order valence-corrected chi connectivity index (χ2v) is 7.19. The summed E-state index contributed by atoms with van der Waals surface area (Å²) in [6, 6.07) is 11.9. The van der Waals surface area contributed by atoms with Gasteiger partial charge in [0.1, 0.15) is 0 Å². The molecule has 0 aromatic heterocycles. The van der Waals surface area contributed by atoms with Gasteiger partial charge in [-0.2, -0.15) is 0 Å². The Morgan fingerprint density at radius 3 is 2.36 bits per heavy atom. The maximum Gasteiger partial charge on any atom is 0.230 e. The maximum atomic E-state index is 12.1. The Morgan fingerprint density at radius 2 is 1.82 bits per heavy atom. The summed E-state index contributed by atoms with van der Waals surface area (Å²) in [6.07, 6.45) is 0. The molecule has 22 heavy (non-hydrogen) atoms. The monoisotopic (exact) mass is 381 g/mol. The minimum absolute atomic E-state index is 0.0961. The lowest BCUT2D eigenvalue weighted by Crippen LogP contribution is -2.08. The molecular weight excluding hydrogens is 370 g/mol. The summed E-state index contributed by atoms with van der Waals surface area (Å²) in [5.74, 6) is 0. The Balaban J connectivity index is 2.85. The normalized spacial score (nSPS) is 11.1. The Bertz CT molecular complexity index is 832. The molecule has 0 N–H and O–H groups in total. The molecule has 0 radical (unpaired) electrons. The average molecular weight is 382 g/mol. The van der Waals surface area contributed by atoms with Gasteiger partial charge in [-0.05, 0) is 17.7 Å². The Labute approximate surface area is 136 Å².